The van der Waals surface area contributed by atoms with E-state index in [1.54, 1.807) is 31.4 Å². The van der Waals surface area contributed by atoms with Crippen LogP contribution >= 0.6 is 12.2 Å². The maximum absolute atomic E-state index is 11.4. The van der Waals surface area contributed by atoms with Gasteiger partial charge in [0, 0.05) is 6.54 Å². The zero-order chi connectivity index (χ0) is 14.3. The van der Waals surface area contributed by atoms with Gasteiger partial charge in [-0.15, -0.1) is 0 Å². The van der Waals surface area contributed by atoms with E-state index in [-0.39, 0.29) is 18.1 Å². The summed E-state index contributed by atoms with van der Waals surface area (Å²) in [6.45, 7) is 0.257. The molecule has 1 rings (SSSR count). The van der Waals surface area contributed by atoms with Gasteiger partial charge in [-0.2, -0.15) is 0 Å². The smallest absolute Gasteiger partial charge is 0.309 e. The lowest BCUT2D eigenvalue weighted by molar-refractivity contribution is -0.139. The van der Waals surface area contributed by atoms with E-state index in [0.29, 0.717) is 0 Å². The van der Waals surface area contributed by atoms with Crippen LogP contribution in [0.3, 0.4) is 0 Å². The molecular formula is C12H15N3O3S. The molecule has 0 aliphatic rings. The number of hydrogen-bond donors (Lipinski definition) is 3. The van der Waals surface area contributed by atoms with E-state index in [1.807, 2.05) is 0 Å². The van der Waals surface area contributed by atoms with E-state index in [4.69, 9.17) is 10.5 Å². The average molecular weight is 281 g/mol. The van der Waals surface area contributed by atoms with Crippen molar-refractivity contribution in [3.05, 3.63) is 29.8 Å². The van der Waals surface area contributed by atoms with Gasteiger partial charge in [-0.05, 0) is 17.7 Å². The number of methoxy groups -OCH3 is 1. The third-order valence-electron chi connectivity index (χ3n) is 2.24. The quantitative estimate of drug-likeness (QED) is 0.509. The first kappa shape index (κ1) is 14.9. The molecule has 0 bridgehead atoms. The number of carbonyl (C=O) groups is 2. The molecule has 0 spiro atoms. The van der Waals surface area contributed by atoms with Gasteiger partial charge >= 0.3 is 11.8 Å². The van der Waals surface area contributed by atoms with Crippen molar-refractivity contribution in [2.24, 2.45) is 5.73 Å². The SMILES string of the molecule is COc1ccc(CNC(=O)C(=O)NCC(N)=S)cc1. The number of amides is 2. The normalized spacial score (nSPS) is 9.53. The van der Waals surface area contributed by atoms with Crippen LogP contribution in [0.4, 0.5) is 0 Å². The van der Waals surface area contributed by atoms with Crippen LogP contribution in [0.2, 0.25) is 0 Å². The zero-order valence-electron chi connectivity index (χ0n) is 10.4. The van der Waals surface area contributed by atoms with Gasteiger partial charge in [0.1, 0.15) is 5.75 Å². The molecule has 19 heavy (non-hydrogen) atoms. The minimum absolute atomic E-state index is 0.00409. The number of nitrogens with one attached hydrogen (secondary N) is 2. The summed E-state index contributed by atoms with van der Waals surface area (Å²) in [5, 5.41) is 4.78. The summed E-state index contributed by atoms with van der Waals surface area (Å²) in [6.07, 6.45) is 0. The Morgan fingerprint density at radius 3 is 2.32 bits per heavy atom. The number of rotatable bonds is 5. The summed E-state index contributed by atoms with van der Waals surface area (Å²) in [7, 11) is 1.57. The molecule has 1 aromatic rings. The Bertz CT molecular complexity index is 474. The van der Waals surface area contributed by atoms with Crippen molar-refractivity contribution < 1.29 is 14.3 Å². The molecular weight excluding hydrogens is 266 g/mol. The van der Waals surface area contributed by atoms with Gasteiger partial charge in [0.2, 0.25) is 0 Å². The third-order valence-corrected chi connectivity index (χ3v) is 2.39. The summed E-state index contributed by atoms with van der Waals surface area (Å²) < 4.78 is 5.01. The number of ether oxygens (including phenoxy) is 1. The van der Waals surface area contributed by atoms with Crippen molar-refractivity contribution in [2.45, 2.75) is 6.54 Å². The molecule has 2 amide bonds. The van der Waals surface area contributed by atoms with Crippen molar-refractivity contribution in [2.75, 3.05) is 13.7 Å². The molecule has 0 aromatic heterocycles. The van der Waals surface area contributed by atoms with Gasteiger partial charge in [-0.1, -0.05) is 24.4 Å². The van der Waals surface area contributed by atoms with E-state index < -0.39 is 11.8 Å². The van der Waals surface area contributed by atoms with E-state index in [9.17, 15) is 9.59 Å². The predicted molar refractivity (Wildman–Crippen MR) is 74.6 cm³/mol. The Hall–Kier alpha value is -2.15. The van der Waals surface area contributed by atoms with Crippen LogP contribution < -0.4 is 21.1 Å². The fourth-order valence-electron chi connectivity index (χ4n) is 1.25. The van der Waals surface area contributed by atoms with E-state index >= 15 is 0 Å². The number of thiocarbonyl (C=S) groups is 1. The fourth-order valence-corrected chi connectivity index (χ4v) is 1.33. The first-order chi connectivity index (χ1) is 9.02. The fraction of sp³-hybridized carbons (Fsp3) is 0.250. The Morgan fingerprint density at radius 1 is 1.21 bits per heavy atom. The van der Waals surface area contributed by atoms with Crippen LogP contribution in [-0.4, -0.2) is 30.5 Å². The molecule has 0 radical (unpaired) electrons. The maximum atomic E-state index is 11.4. The van der Waals surface area contributed by atoms with Crippen LogP contribution in [0.1, 0.15) is 5.56 Å². The second-order valence-corrected chi connectivity index (χ2v) is 4.20. The molecule has 0 atom stereocenters. The molecule has 0 saturated heterocycles. The monoisotopic (exact) mass is 281 g/mol. The summed E-state index contributed by atoms with van der Waals surface area (Å²) in [5.74, 6) is -0.766. The Morgan fingerprint density at radius 2 is 1.79 bits per heavy atom. The lowest BCUT2D eigenvalue weighted by Crippen LogP contribution is -2.42. The van der Waals surface area contributed by atoms with Gasteiger partial charge in [-0.25, -0.2) is 0 Å². The minimum Gasteiger partial charge on any atom is -0.497 e. The second kappa shape index (κ2) is 7.32. The average Bonchev–Trinajstić information content (AvgIpc) is 2.42. The predicted octanol–water partition coefficient (Wildman–Crippen LogP) is -0.286. The van der Waals surface area contributed by atoms with E-state index in [2.05, 4.69) is 22.9 Å². The first-order valence-electron chi connectivity index (χ1n) is 5.50. The molecule has 7 heteroatoms. The first-order valence-corrected chi connectivity index (χ1v) is 5.91. The van der Waals surface area contributed by atoms with Crippen molar-refractivity contribution in [3.8, 4) is 5.75 Å². The number of nitrogens with two attached hydrogens (primary N) is 1. The summed E-state index contributed by atoms with van der Waals surface area (Å²) in [4.78, 5) is 22.9. The van der Waals surface area contributed by atoms with Crippen molar-refractivity contribution in [1.82, 2.24) is 10.6 Å². The highest BCUT2D eigenvalue weighted by molar-refractivity contribution is 7.80. The Kier molecular flexibility index (Phi) is 5.74. The minimum atomic E-state index is -0.763. The zero-order valence-corrected chi connectivity index (χ0v) is 11.3. The van der Waals surface area contributed by atoms with Gasteiger partial charge in [-0.3, -0.25) is 9.59 Å². The number of carbonyl (C=O) groups excluding carboxylic acids is 2. The summed E-state index contributed by atoms with van der Waals surface area (Å²) in [6, 6.07) is 7.14. The van der Waals surface area contributed by atoms with Gasteiger partial charge in [0.05, 0.1) is 18.6 Å². The molecule has 4 N–H and O–H groups in total. The number of hydrogen-bond acceptors (Lipinski definition) is 4. The number of benzene rings is 1. The van der Waals surface area contributed by atoms with Crippen LogP contribution in [0.5, 0.6) is 5.75 Å². The van der Waals surface area contributed by atoms with E-state index in [0.717, 1.165) is 11.3 Å². The molecule has 0 fully saturated rings. The van der Waals surface area contributed by atoms with Gasteiger partial charge < -0.3 is 21.1 Å². The van der Waals surface area contributed by atoms with Crippen LogP contribution in [0, 0.1) is 0 Å². The van der Waals surface area contributed by atoms with E-state index in [1.165, 1.54) is 0 Å². The lowest BCUT2D eigenvalue weighted by atomic mass is 10.2. The Labute approximate surface area is 116 Å². The topological polar surface area (TPSA) is 93.4 Å². The third kappa shape index (κ3) is 5.35. The molecule has 0 aliphatic heterocycles. The Balaban J connectivity index is 2.40. The second-order valence-electron chi connectivity index (χ2n) is 3.68. The largest absolute Gasteiger partial charge is 0.497 e. The molecule has 1 aromatic carbocycles. The molecule has 0 aliphatic carbocycles. The standard InChI is InChI=1S/C12H15N3O3S/c1-18-9-4-2-8(3-5-9)6-14-11(16)12(17)15-7-10(13)19/h2-5H,6-7H2,1H3,(H2,13,19)(H,14,16)(H,15,17). The molecule has 102 valence electrons. The summed E-state index contributed by atoms with van der Waals surface area (Å²) >= 11 is 4.58. The van der Waals surface area contributed by atoms with Crippen molar-refractivity contribution in [1.29, 1.82) is 0 Å². The van der Waals surface area contributed by atoms with Crippen molar-refractivity contribution >= 4 is 29.0 Å². The lowest BCUT2D eigenvalue weighted by Gasteiger charge is -2.06. The van der Waals surface area contributed by atoms with Gasteiger partial charge in [0.25, 0.3) is 0 Å². The van der Waals surface area contributed by atoms with Crippen LogP contribution in [-0.2, 0) is 16.1 Å². The molecule has 0 unspecified atom stereocenters. The van der Waals surface area contributed by atoms with Gasteiger partial charge in [0.15, 0.2) is 0 Å². The highest BCUT2D eigenvalue weighted by Gasteiger charge is 2.12. The van der Waals surface area contributed by atoms with Crippen LogP contribution in [0.15, 0.2) is 24.3 Å². The molecule has 0 heterocycles. The van der Waals surface area contributed by atoms with Crippen LogP contribution in [0.25, 0.3) is 0 Å². The highest BCUT2D eigenvalue weighted by Crippen LogP contribution is 2.10. The highest BCUT2D eigenvalue weighted by atomic mass is 32.1. The molecule has 6 nitrogen and oxygen atoms in total. The van der Waals surface area contributed by atoms with Crippen molar-refractivity contribution in [3.63, 3.8) is 0 Å². The maximum Gasteiger partial charge on any atom is 0.309 e. The molecule has 0 saturated carbocycles. The summed E-state index contributed by atoms with van der Waals surface area (Å²) in [5.41, 5.74) is 6.06.